The van der Waals surface area contributed by atoms with Crippen molar-refractivity contribution in [2.24, 2.45) is 0 Å². The minimum absolute atomic E-state index is 0.273. The molecule has 2 heterocycles. The van der Waals surface area contributed by atoms with Crippen molar-refractivity contribution < 1.29 is 13.0 Å². The average Bonchev–Trinajstić information content (AvgIpc) is 2.41. The minimum Gasteiger partial charge on any atom is -0.281 e. The van der Waals surface area contributed by atoms with E-state index in [1.165, 1.54) is 10.6 Å². The summed E-state index contributed by atoms with van der Waals surface area (Å²) >= 11 is 6.76. The van der Waals surface area contributed by atoms with Crippen LogP contribution in [0.15, 0.2) is 17.4 Å². The number of rotatable bonds is 1. The molecule has 2 aromatic heterocycles. The molecule has 0 aliphatic carbocycles. The Hall–Kier alpha value is -0.630. The molecule has 0 saturated carbocycles. The Bertz CT molecular complexity index is 555. The first-order chi connectivity index (χ1) is 5.98. The van der Waals surface area contributed by atoms with Crippen LogP contribution in [0, 0.1) is 0 Å². The van der Waals surface area contributed by atoms with E-state index in [4.69, 9.17) is 16.2 Å². The molecule has 13 heavy (non-hydrogen) atoms. The molecule has 0 saturated heterocycles. The van der Waals surface area contributed by atoms with E-state index in [0.29, 0.717) is 9.30 Å². The third-order valence-electron chi connectivity index (χ3n) is 1.41. The SMILES string of the molecule is O=S(=O)(O)c1cnc2sc(Cl)cn12. The van der Waals surface area contributed by atoms with Gasteiger partial charge in [-0.25, -0.2) is 4.98 Å². The van der Waals surface area contributed by atoms with E-state index in [2.05, 4.69) is 4.98 Å². The van der Waals surface area contributed by atoms with Crippen molar-refractivity contribution in [3.05, 3.63) is 16.7 Å². The molecule has 2 rings (SSSR count). The fraction of sp³-hybridized carbons (Fsp3) is 0. The van der Waals surface area contributed by atoms with Crippen LogP contribution in [-0.4, -0.2) is 22.4 Å². The number of hydrogen-bond acceptors (Lipinski definition) is 4. The Morgan fingerprint density at radius 3 is 2.92 bits per heavy atom. The molecule has 0 spiro atoms. The summed E-state index contributed by atoms with van der Waals surface area (Å²) in [6.45, 7) is 0. The van der Waals surface area contributed by atoms with Gasteiger partial charge in [0.25, 0.3) is 0 Å². The lowest BCUT2D eigenvalue weighted by molar-refractivity contribution is 0.478. The topological polar surface area (TPSA) is 71.7 Å². The average molecular weight is 239 g/mol. The van der Waals surface area contributed by atoms with Crippen molar-refractivity contribution in [3.63, 3.8) is 0 Å². The third kappa shape index (κ3) is 1.44. The maximum atomic E-state index is 10.8. The summed E-state index contributed by atoms with van der Waals surface area (Å²) in [7, 11) is -4.22. The van der Waals surface area contributed by atoms with Crippen LogP contribution in [0.5, 0.6) is 0 Å². The van der Waals surface area contributed by atoms with Crippen molar-refractivity contribution >= 4 is 38.0 Å². The number of fused-ring (bicyclic) bond motifs is 1. The summed E-state index contributed by atoms with van der Waals surface area (Å²) < 4.78 is 31.9. The number of halogens is 1. The highest BCUT2D eigenvalue weighted by Crippen LogP contribution is 2.24. The molecule has 5 nitrogen and oxygen atoms in total. The van der Waals surface area contributed by atoms with Crippen LogP contribution in [0.4, 0.5) is 0 Å². The van der Waals surface area contributed by atoms with Crippen molar-refractivity contribution in [1.82, 2.24) is 9.38 Å². The summed E-state index contributed by atoms with van der Waals surface area (Å²) in [6, 6.07) is 0. The predicted octanol–water partition coefficient (Wildman–Crippen LogP) is 1.30. The summed E-state index contributed by atoms with van der Waals surface area (Å²) in [5.41, 5.74) is 0. The summed E-state index contributed by atoms with van der Waals surface area (Å²) in [5.74, 6) is 0. The van der Waals surface area contributed by atoms with Crippen molar-refractivity contribution in [2.75, 3.05) is 0 Å². The molecule has 8 heteroatoms. The second-order valence-corrected chi connectivity index (χ2v) is 5.27. The van der Waals surface area contributed by atoms with Crippen molar-refractivity contribution in [3.8, 4) is 0 Å². The van der Waals surface area contributed by atoms with E-state index in [9.17, 15) is 8.42 Å². The van der Waals surface area contributed by atoms with Gasteiger partial charge in [-0.1, -0.05) is 22.9 Å². The highest BCUT2D eigenvalue weighted by molar-refractivity contribution is 7.85. The highest BCUT2D eigenvalue weighted by Gasteiger charge is 2.17. The first-order valence-electron chi connectivity index (χ1n) is 3.08. The highest BCUT2D eigenvalue weighted by atomic mass is 35.5. The van der Waals surface area contributed by atoms with Gasteiger partial charge in [0.2, 0.25) is 0 Å². The van der Waals surface area contributed by atoms with E-state index in [1.807, 2.05) is 0 Å². The Balaban J connectivity index is 2.84. The maximum absolute atomic E-state index is 10.8. The van der Waals surface area contributed by atoms with E-state index in [-0.39, 0.29) is 5.03 Å². The standard InChI is InChI=1S/C5H3ClN2O3S2/c6-3-2-8-4(13(9,10)11)1-7-5(8)12-3/h1-2H,(H,9,10,11). The van der Waals surface area contributed by atoms with E-state index in [1.54, 1.807) is 0 Å². The molecule has 0 amide bonds. The quantitative estimate of drug-likeness (QED) is 0.760. The largest absolute Gasteiger partial charge is 0.312 e. The first kappa shape index (κ1) is 8.95. The zero-order valence-electron chi connectivity index (χ0n) is 6.01. The van der Waals surface area contributed by atoms with Gasteiger partial charge >= 0.3 is 10.1 Å². The zero-order chi connectivity index (χ0) is 9.64. The molecule has 0 aromatic carbocycles. The first-order valence-corrected chi connectivity index (χ1v) is 5.72. The molecule has 0 aliphatic heterocycles. The molecule has 0 atom stereocenters. The molecule has 1 N–H and O–H groups in total. The van der Waals surface area contributed by atoms with Crippen molar-refractivity contribution in [2.45, 2.75) is 5.03 Å². The molecule has 70 valence electrons. The lowest BCUT2D eigenvalue weighted by Gasteiger charge is -1.90. The summed E-state index contributed by atoms with van der Waals surface area (Å²) in [5, 5.41) is -0.273. The van der Waals surface area contributed by atoms with Gasteiger partial charge in [-0.3, -0.25) is 8.95 Å². The van der Waals surface area contributed by atoms with Crippen LogP contribution in [0.3, 0.4) is 0 Å². The fourth-order valence-electron chi connectivity index (χ4n) is 0.929. The molecule has 0 fully saturated rings. The van der Waals surface area contributed by atoms with Crippen molar-refractivity contribution in [1.29, 1.82) is 0 Å². The Morgan fingerprint density at radius 1 is 1.62 bits per heavy atom. The second-order valence-electron chi connectivity index (χ2n) is 2.26. The lowest BCUT2D eigenvalue weighted by Crippen LogP contribution is -2.00. The van der Waals surface area contributed by atoms with Gasteiger partial charge < -0.3 is 0 Å². The van der Waals surface area contributed by atoms with Gasteiger partial charge in [0.05, 0.1) is 6.20 Å². The fourth-order valence-corrected chi connectivity index (χ4v) is 2.55. The second kappa shape index (κ2) is 2.68. The van der Waals surface area contributed by atoms with Crippen LogP contribution in [0.2, 0.25) is 4.34 Å². The van der Waals surface area contributed by atoms with Crippen LogP contribution in [-0.2, 0) is 10.1 Å². The summed E-state index contributed by atoms with van der Waals surface area (Å²) in [4.78, 5) is 4.19. The number of nitrogens with zero attached hydrogens (tertiary/aromatic N) is 2. The molecular weight excluding hydrogens is 236 g/mol. The molecule has 0 unspecified atom stereocenters. The molecule has 2 aromatic rings. The zero-order valence-corrected chi connectivity index (χ0v) is 8.40. The summed E-state index contributed by atoms with van der Waals surface area (Å²) in [6.07, 6.45) is 2.47. The number of hydrogen-bond donors (Lipinski definition) is 1. The van der Waals surface area contributed by atoms with Crippen LogP contribution in [0.1, 0.15) is 0 Å². The predicted molar refractivity (Wildman–Crippen MR) is 47.9 cm³/mol. The Kier molecular flexibility index (Phi) is 1.84. The lowest BCUT2D eigenvalue weighted by atomic mass is 10.9. The van der Waals surface area contributed by atoms with E-state index in [0.717, 1.165) is 17.5 Å². The number of imidazole rings is 1. The molecular formula is C5H3ClN2O3S2. The smallest absolute Gasteiger partial charge is 0.281 e. The number of thiazole rings is 1. The van der Waals surface area contributed by atoms with Gasteiger partial charge in [0.1, 0.15) is 4.34 Å². The van der Waals surface area contributed by atoms with E-state index >= 15 is 0 Å². The molecule has 0 bridgehead atoms. The third-order valence-corrected chi connectivity index (χ3v) is 3.36. The van der Waals surface area contributed by atoms with Gasteiger partial charge in [0, 0.05) is 6.20 Å². The maximum Gasteiger partial charge on any atom is 0.312 e. The van der Waals surface area contributed by atoms with Crippen LogP contribution < -0.4 is 0 Å². The Labute approximate surface area is 82.3 Å². The normalized spacial score (nSPS) is 12.5. The van der Waals surface area contributed by atoms with E-state index < -0.39 is 10.1 Å². The Morgan fingerprint density at radius 2 is 2.31 bits per heavy atom. The van der Waals surface area contributed by atoms with Gasteiger partial charge in [-0.05, 0) is 0 Å². The van der Waals surface area contributed by atoms with Gasteiger partial charge in [-0.15, -0.1) is 0 Å². The van der Waals surface area contributed by atoms with Crippen LogP contribution in [0.25, 0.3) is 4.96 Å². The molecule has 0 aliphatic rings. The monoisotopic (exact) mass is 238 g/mol. The van der Waals surface area contributed by atoms with Gasteiger partial charge in [0.15, 0.2) is 9.99 Å². The van der Waals surface area contributed by atoms with Crippen LogP contribution >= 0.6 is 22.9 Å². The van der Waals surface area contributed by atoms with Gasteiger partial charge in [-0.2, -0.15) is 8.42 Å². The number of aromatic nitrogens is 2. The molecule has 0 radical (unpaired) electrons. The minimum atomic E-state index is -4.22.